The van der Waals surface area contributed by atoms with Crippen molar-refractivity contribution in [2.24, 2.45) is 16.3 Å². The lowest BCUT2D eigenvalue weighted by Crippen LogP contribution is -2.33. The van der Waals surface area contributed by atoms with Crippen molar-refractivity contribution in [1.82, 2.24) is 5.32 Å². The molecule has 4 heteroatoms. The predicted molar refractivity (Wildman–Crippen MR) is 68.8 cm³/mol. The molecule has 0 aromatic heterocycles. The molecule has 0 spiro atoms. The van der Waals surface area contributed by atoms with Crippen LogP contribution in [0, 0.1) is 5.41 Å². The molecule has 0 saturated heterocycles. The Morgan fingerprint density at radius 1 is 1.50 bits per heavy atom. The summed E-state index contributed by atoms with van der Waals surface area (Å²) in [5.74, 6) is 0.314. The molecule has 0 aliphatic heterocycles. The highest BCUT2D eigenvalue weighted by atomic mass is 16.4. The lowest BCUT2D eigenvalue weighted by Gasteiger charge is -2.23. The first kappa shape index (κ1) is 15.2. The second-order valence-electron chi connectivity index (χ2n) is 5.12. The van der Waals surface area contributed by atoms with Crippen molar-refractivity contribution in [3.8, 4) is 0 Å². The monoisotopic (exact) mass is 229 g/mol. The number of nitrogens with two attached hydrogens (primary N) is 1. The second-order valence-corrected chi connectivity index (χ2v) is 5.12. The minimum Gasteiger partial charge on any atom is -0.409 e. The predicted octanol–water partition coefficient (Wildman–Crippen LogP) is 2.32. The molecule has 1 atom stereocenters. The molecule has 0 aromatic rings. The molecule has 0 aliphatic rings. The van der Waals surface area contributed by atoms with E-state index in [0.29, 0.717) is 11.9 Å². The highest BCUT2D eigenvalue weighted by Gasteiger charge is 2.22. The maximum Gasteiger partial charge on any atom is 0.144 e. The molecule has 96 valence electrons. The van der Waals surface area contributed by atoms with Crippen LogP contribution in [-0.4, -0.2) is 23.6 Å². The fourth-order valence-electron chi connectivity index (χ4n) is 1.68. The van der Waals surface area contributed by atoms with Crippen LogP contribution in [0.4, 0.5) is 0 Å². The molecular formula is C12H27N3O. The first-order chi connectivity index (χ1) is 7.44. The van der Waals surface area contributed by atoms with E-state index in [1.807, 2.05) is 13.8 Å². The SMILES string of the molecule is CCCC(C)NCCCC(C)(C)C(N)=NO. The summed E-state index contributed by atoms with van der Waals surface area (Å²) in [5.41, 5.74) is 5.40. The van der Waals surface area contributed by atoms with Crippen molar-refractivity contribution in [1.29, 1.82) is 0 Å². The van der Waals surface area contributed by atoms with Gasteiger partial charge in [-0.1, -0.05) is 32.3 Å². The van der Waals surface area contributed by atoms with Gasteiger partial charge >= 0.3 is 0 Å². The van der Waals surface area contributed by atoms with Gasteiger partial charge in [-0.3, -0.25) is 0 Å². The molecule has 4 nitrogen and oxygen atoms in total. The smallest absolute Gasteiger partial charge is 0.144 e. The number of hydrogen-bond donors (Lipinski definition) is 3. The van der Waals surface area contributed by atoms with E-state index in [-0.39, 0.29) is 5.41 Å². The van der Waals surface area contributed by atoms with Crippen LogP contribution >= 0.6 is 0 Å². The van der Waals surface area contributed by atoms with E-state index in [1.54, 1.807) is 0 Å². The second kappa shape index (κ2) is 7.49. The van der Waals surface area contributed by atoms with Crippen molar-refractivity contribution in [3.63, 3.8) is 0 Å². The summed E-state index contributed by atoms with van der Waals surface area (Å²) < 4.78 is 0. The van der Waals surface area contributed by atoms with E-state index >= 15 is 0 Å². The molecule has 0 saturated carbocycles. The third-order valence-electron chi connectivity index (χ3n) is 2.99. The largest absolute Gasteiger partial charge is 0.409 e. The molecule has 0 aliphatic carbocycles. The maximum atomic E-state index is 8.63. The molecular weight excluding hydrogens is 202 g/mol. The molecule has 4 N–H and O–H groups in total. The first-order valence-electron chi connectivity index (χ1n) is 6.15. The molecule has 0 fully saturated rings. The van der Waals surface area contributed by atoms with Crippen molar-refractivity contribution < 1.29 is 5.21 Å². The van der Waals surface area contributed by atoms with Crippen LogP contribution in [0.3, 0.4) is 0 Å². The summed E-state index contributed by atoms with van der Waals surface area (Å²) in [4.78, 5) is 0. The minimum absolute atomic E-state index is 0.218. The van der Waals surface area contributed by atoms with Crippen molar-refractivity contribution in [2.45, 2.75) is 59.4 Å². The lowest BCUT2D eigenvalue weighted by atomic mass is 9.86. The van der Waals surface area contributed by atoms with E-state index < -0.39 is 0 Å². The Balaban J connectivity index is 3.74. The van der Waals surface area contributed by atoms with Gasteiger partial charge in [0.05, 0.1) is 0 Å². The molecule has 0 heterocycles. The number of rotatable bonds is 8. The van der Waals surface area contributed by atoms with Gasteiger partial charge in [0.25, 0.3) is 0 Å². The van der Waals surface area contributed by atoms with E-state index in [1.165, 1.54) is 12.8 Å². The summed E-state index contributed by atoms with van der Waals surface area (Å²) in [5, 5.41) is 15.2. The third-order valence-corrected chi connectivity index (χ3v) is 2.99. The van der Waals surface area contributed by atoms with E-state index in [0.717, 1.165) is 19.4 Å². The zero-order chi connectivity index (χ0) is 12.6. The van der Waals surface area contributed by atoms with Gasteiger partial charge in [0, 0.05) is 11.5 Å². The Kier molecular flexibility index (Phi) is 7.13. The average molecular weight is 229 g/mol. The van der Waals surface area contributed by atoms with Gasteiger partial charge < -0.3 is 16.3 Å². The standard InChI is InChI=1S/C12H27N3O/c1-5-7-10(2)14-9-6-8-12(3,4)11(13)15-16/h10,14,16H,5-9H2,1-4H3,(H2,13,15). The van der Waals surface area contributed by atoms with Gasteiger partial charge in [0.15, 0.2) is 0 Å². The molecule has 0 rings (SSSR count). The number of nitrogens with one attached hydrogen (secondary N) is 1. The third kappa shape index (κ3) is 5.95. The zero-order valence-corrected chi connectivity index (χ0v) is 11.1. The highest BCUT2D eigenvalue weighted by molar-refractivity contribution is 5.85. The Labute approximate surface area is 99.3 Å². The van der Waals surface area contributed by atoms with E-state index in [9.17, 15) is 0 Å². The molecule has 0 radical (unpaired) electrons. The van der Waals surface area contributed by atoms with Gasteiger partial charge in [-0.15, -0.1) is 0 Å². The number of amidine groups is 1. The van der Waals surface area contributed by atoms with Crippen LogP contribution in [0.2, 0.25) is 0 Å². The van der Waals surface area contributed by atoms with Crippen LogP contribution in [0.1, 0.15) is 53.4 Å². The Bertz CT molecular complexity index is 214. The Morgan fingerprint density at radius 3 is 2.62 bits per heavy atom. The van der Waals surface area contributed by atoms with Crippen molar-refractivity contribution in [3.05, 3.63) is 0 Å². The minimum atomic E-state index is -0.218. The van der Waals surface area contributed by atoms with Crippen molar-refractivity contribution >= 4 is 5.84 Å². The summed E-state index contributed by atoms with van der Waals surface area (Å²) in [6, 6.07) is 0.581. The average Bonchev–Trinajstić information content (AvgIpc) is 2.23. The van der Waals surface area contributed by atoms with E-state index in [4.69, 9.17) is 10.9 Å². The van der Waals surface area contributed by atoms with Gasteiger partial charge in [-0.25, -0.2) is 0 Å². The van der Waals surface area contributed by atoms with E-state index in [2.05, 4.69) is 24.3 Å². The number of nitrogens with zero attached hydrogens (tertiary/aromatic N) is 1. The van der Waals surface area contributed by atoms with Gasteiger partial charge in [0.1, 0.15) is 5.84 Å². The summed E-state index contributed by atoms with van der Waals surface area (Å²) in [7, 11) is 0. The Hall–Kier alpha value is -0.770. The fraction of sp³-hybridized carbons (Fsp3) is 0.917. The van der Waals surface area contributed by atoms with Gasteiger partial charge in [0.2, 0.25) is 0 Å². The molecule has 0 aromatic carbocycles. The fourth-order valence-corrected chi connectivity index (χ4v) is 1.68. The highest BCUT2D eigenvalue weighted by Crippen LogP contribution is 2.21. The maximum absolute atomic E-state index is 8.63. The number of hydrogen-bond acceptors (Lipinski definition) is 3. The number of oxime groups is 1. The molecule has 1 unspecified atom stereocenters. The van der Waals surface area contributed by atoms with Crippen LogP contribution < -0.4 is 11.1 Å². The van der Waals surface area contributed by atoms with Crippen LogP contribution in [-0.2, 0) is 0 Å². The van der Waals surface area contributed by atoms with Gasteiger partial charge in [-0.2, -0.15) is 0 Å². The topological polar surface area (TPSA) is 70.6 Å². The van der Waals surface area contributed by atoms with Crippen LogP contribution in [0.5, 0.6) is 0 Å². The zero-order valence-electron chi connectivity index (χ0n) is 11.1. The van der Waals surface area contributed by atoms with Gasteiger partial charge in [-0.05, 0) is 32.7 Å². The molecule has 0 amide bonds. The normalized spacial score (nSPS) is 15.1. The Morgan fingerprint density at radius 2 is 2.12 bits per heavy atom. The molecule has 16 heavy (non-hydrogen) atoms. The summed E-state index contributed by atoms with van der Waals surface area (Å²) in [6.45, 7) is 9.39. The quantitative estimate of drug-likeness (QED) is 0.197. The molecule has 0 bridgehead atoms. The van der Waals surface area contributed by atoms with Crippen LogP contribution in [0.15, 0.2) is 5.16 Å². The van der Waals surface area contributed by atoms with Crippen molar-refractivity contribution in [2.75, 3.05) is 6.54 Å². The lowest BCUT2D eigenvalue weighted by molar-refractivity contribution is 0.304. The summed E-state index contributed by atoms with van der Waals surface area (Å²) >= 11 is 0. The van der Waals surface area contributed by atoms with Crippen LogP contribution in [0.25, 0.3) is 0 Å². The first-order valence-corrected chi connectivity index (χ1v) is 6.15. The summed E-state index contributed by atoms with van der Waals surface area (Å²) in [6.07, 6.45) is 4.39.